The van der Waals surface area contributed by atoms with Gasteiger partial charge in [0.2, 0.25) is 5.78 Å². The molecule has 0 aromatic heterocycles. The second kappa shape index (κ2) is 6.92. The zero-order valence-electron chi connectivity index (χ0n) is 12.6. The molecule has 0 aliphatic heterocycles. The highest BCUT2D eigenvalue weighted by Gasteiger charge is 2.18. The molecule has 0 aliphatic carbocycles. The van der Waals surface area contributed by atoms with Crippen molar-refractivity contribution < 1.29 is 18.0 Å². The lowest BCUT2D eigenvalue weighted by atomic mass is 9.98. The fourth-order valence-electron chi connectivity index (χ4n) is 2.02. The SMILES string of the molecule is CNc1ccc(C(=O)C(=C=O)c2ccc(S(=O)(=O)C#N)cc2)cc1. The van der Waals surface area contributed by atoms with E-state index in [0.29, 0.717) is 5.56 Å². The van der Waals surface area contributed by atoms with E-state index < -0.39 is 15.6 Å². The van der Waals surface area contributed by atoms with E-state index in [-0.39, 0.29) is 16.0 Å². The summed E-state index contributed by atoms with van der Waals surface area (Å²) in [6.07, 6.45) is 0. The van der Waals surface area contributed by atoms with Crippen molar-refractivity contribution in [1.82, 2.24) is 0 Å². The van der Waals surface area contributed by atoms with Crippen LogP contribution in [0.25, 0.3) is 5.57 Å². The maximum Gasteiger partial charge on any atom is 0.269 e. The number of ketones is 1. The minimum Gasteiger partial charge on any atom is -0.388 e. The minimum absolute atomic E-state index is 0.204. The smallest absolute Gasteiger partial charge is 0.269 e. The normalized spacial score (nSPS) is 10.3. The summed E-state index contributed by atoms with van der Waals surface area (Å²) in [5, 5.41) is 12.7. The van der Waals surface area contributed by atoms with Crippen molar-refractivity contribution in [3.8, 4) is 5.40 Å². The van der Waals surface area contributed by atoms with Crippen LogP contribution in [-0.2, 0) is 14.6 Å². The molecule has 0 heterocycles. The van der Waals surface area contributed by atoms with Crippen LogP contribution in [-0.4, -0.2) is 27.2 Å². The van der Waals surface area contributed by atoms with Gasteiger partial charge in [-0.1, -0.05) is 12.1 Å². The predicted molar refractivity (Wildman–Crippen MR) is 88.7 cm³/mol. The zero-order valence-corrected chi connectivity index (χ0v) is 13.4. The average molecular weight is 340 g/mol. The number of benzene rings is 2. The molecule has 0 unspecified atom stereocenters. The molecule has 1 N–H and O–H groups in total. The van der Waals surface area contributed by atoms with Crippen LogP contribution in [0.5, 0.6) is 0 Å². The minimum atomic E-state index is -4.02. The maximum atomic E-state index is 12.4. The Hall–Kier alpha value is -3.20. The number of allylic oxidation sites excluding steroid dienone is 1. The Bertz CT molecular complexity index is 963. The lowest BCUT2D eigenvalue weighted by Crippen LogP contribution is -2.04. The first-order valence-electron chi connectivity index (χ1n) is 6.77. The fraction of sp³-hybridized carbons (Fsp3) is 0.0588. The van der Waals surface area contributed by atoms with Crippen LogP contribution in [0.15, 0.2) is 53.4 Å². The van der Waals surface area contributed by atoms with Crippen molar-refractivity contribution in [1.29, 1.82) is 5.26 Å². The second-order valence-corrected chi connectivity index (χ2v) is 6.41. The Morgan fingerprint density at radius 2 is 1.54 bits per heavy atom. The van der Waals surface area contributed by atoms with Crippen molar-refractivity contribution in [3.05, 3.63) is 59.7 Å². The molecule has 7 heteroatoms. The monoisotopic (exact) mass is 340 g/mol. The number of rotatable bonds is 5. The summed E-state index contributed by atoms with van der Waals surface area (Å²) in [5.74, 6) is 1.08. The van der Waals surface area contributed by atoms with Crippen molar-refractivity contribution in [2.45, 2.75) is 4.90 Å². The summed E-state index contributed by atoms with van der Waals surface area (Å²) in [6, 6.07) is 11.5. The van der Waals surface area contributed by atoms with E-state index in [1.807, 2.05) is 0 Å². The molecule has 0 amide bonds. The van der Waals surface area contributed by atoms with E-state index in [1.54, 1.807) is 37.3 Å². The topological polar surface area (TPSA) is 104 Å². The number of hydrogen-bond donors (Lipinski definition) is 1. The summed E-state index contributed by atoms with van der Waals surface area (Å²) in [5.41, 5.74) is 1.13. The van der Waals surface area contributed by atoms with Gasteiger partial charge in [0.05, 0.1) is 4.90 Å². The standard InChI is InChI=1S/C17H12N2O4S/c1-19-14-6-2-13(3-7-14)17(21)16(10-20)12-4-8-15(9-5-12)24(22,23)11-18/h2-9,19H,1H3. The number of carbonyl (C=O) groups excluding carboxylic acids is 2. The maximum absolute atomic E-state index is 12.4. The molecule has 6 nitrogen and oxygen atoms in total. The molecule has 0 saturated carbocycles. The summed E-state index contributed by atoms with van der Waals surface area (Å²) < 4.78 is 22.9. The number of nitriles is 1. The lowest BCUT2D eigenvalue weighted by molar-refractivity contribution is 0.105. The highest BCUT2D eigenvalue weighted by Crippen LogP contribution is 2.21. The van der Waals surface area contributed by atoms with Crippen LogP contribution in [0.4, 0.5) is 5.69 Å². The third-order valence-electron chi connectivity index (χ3n) is 3.34. The van der Waals surface area contributed by atoms with Crippen molar-refractivity contribution >= 4 is 32.8 Å². The number of hydrogen-bond acceptors (Lipinski definition) is 6. The number of Topliss-reactive ketones (excluding diaryl/α,β-unsaturated/α-hetero) is 1. The highest BCUT2D eigenvalue weighted by atomic mass is 32.2. The largest absolute Gasteiger partial charge is 0.388 e. The Balaban J connectivity index is 2.36. The van der Waals surface area contributed by atoms with Gasteiger partial charge in [0.15, 0.2) is 5.40 Å². The fourth-order valence-corrected chi connectivity index (χ4v) is 2.62. The van der Waals surface area contributed by atoms with Gasteiger partial charge in [0, 0.05) is 18.3 Å². The number of nitrogens with zero attached hydrogens (tertiary/aromatic N) is 1. The number of sulfone groups is 1. The molecule has 0 fully saturated rings. The Kier molecular flexibility index (Phi) is 4.95. The van der Waals surface area contributed by atoms with Gasteiger partial charge < -0.3 is 5.32 Å². The van der Waals surface area contributed by atoms with Crippen molar-refractivity contribution in [3.63, 3.8) is 0 Å². The van der Waals surface area contributed by atoms with Crippen molar-refractivity contribution in [2.24, 2.45) is 0 Å². The van der Waals surface area contributed by atoms with E-state index in [0.717, 1.165) is 5.69 Å². The lowest BCUT2D eigenvalue weighted by Gasteiger charge is -2.05. The van der Waals surface area contributed by atoms with Gasteiger partial charge in [-0.2, -0.15) is 5.26 Å². The molecule has 2 aromatic carbocycles. The average Bonchev–Trinajstić information content (AvgIpc) is 2.62. The third kappa shape index (κ3) is 3.41. The van der Waals surface area contributed by atoms with E-state index >= 15 is 0 Å². The predicted octanol–water partition coefficient (Wildman–Crippen LogP) is 2.08. The van der Waals surface area contributed by atoms with Gasteiger partial charge in [0.25, 0.3) is 9.84 Å². The molecule has 120 valence electrons. The Morgan fingerprint density at radius 1 is 1.00 bits per heavy atom. The number of anilines is 1. The van der Waals surface area contributed by atoms with Gasteiger partial charge in [-0.25, -0.2) is 13.2 Å². The molecule has 2 rings (SSSR count). The van der Waals surface area contributed by atoms with Gasteiger partial charge in [-0.05, 0) is 42.0 Å². The molecule has 24 heavy (non-hydrogen) atoms. The van der Waals surface area contributed by atoms with E-state index in [4.69, 9.17) is 5.26 Å². The zero-order chi connectivity index (χ0) is 17.7. The second-order valence-electron chi connectivity index (χ2n) is 4.75. The van der Waals surface area contributed by atoms with Crippen molar-refractivity contribution in [2.75, 3.05) is 12.4 Å². The third-order valence-corrected chi connectivity index (χ3v) is 4.47. The van der Waals surface area contributed by atoms with Crippen LogP contribution in [0.3, 0.4) is 0 Å². The number of thiocyanates is 1. The van der Waals surface area contributed by atoms with Gasteiger partial charge in [-0.3, -0.25) is 4.79 Å². The van der Waals surface area contributed by atoms with Crippen LogP contribution < -0.4 is 5.32 Å². The van der Waals surface area contributed by atoms with Crippen LogP contribution >= 0.6 is 0 Å². The molecule has 0 saturated heterocycles. The van der Waals surface area contributed by atoms with E-state index in [9.17, 15) is 18.0 Å². The Labute approximate surface area is 139 Å². The first kappa shape index (κ1) is 17.2. The summed E-state index contributed by atoms with van der Waals surface area (Å²) in [7, 11) is -2.28. The number of carbonyl (C=O) groups is 1. The van der Waals surface area contributed by atoms with Gasteiger partial charge in [-0.15, -0.1) is 0 Å². The molecule has 0 aliphatic rings. The number of nitrogens with one attached hydrogen (secondary N) is 1. The van der Waals surface area contributed by atoms with Crippen LogP contribution in [0.2, 0.25) is 0 Å². The highest BCUT2D eigenvalue weighted by molar-refractivity contribution is 7.95. The van der Waals surface area contributed by atoms with Gasteiger partial charge in [0.1, 0.15) is 11.5 Å². The van der Waals surface area contributed by atoms with Crippen LogP contribution in [0.1, 0.15) is 15.9 Å². The van der Waals surface area contributed by atoms with E-state index in [1.165, 1.54) is 29.7 Å². The summed E-state index contributed by atoms with van der Waals surface area (Å²) in [4.78, 5) is 23.4. The Morgan fingerprint density at radius 3 is 2.00 bits per heavy atom. The molecule has 0 bridgehead atoms. The summed E-state index contributed by atoms with van der Waals surface area (Å²) >= 11 is 0. The molecule has 2 aromatic rings. The van der Waals surface area contributed by atoms with E-state index in [2.05, 4.69) is 5.32 Å². The molecular formula is C17H12N2O4S. The first-order chi connectivity index (χ1) is 11.4. The quantitative estimate of drug-likeness (QED) is 0.294. The summed E-state index contributed by atoms with van der Waals surface area (Å²) in [6.45, 7) is 0. The molecule has 0 radical (unpaired) electrons. The molecule has 0 spiro atoms. The molecular weight excluding hydrogens is 328 g/mol. The molecule has 0 atom stereocenters. The first-order valence-corrected chi connectivity index (χ1v) is 8.25. The van der Waals surface area contributed by atoms with Crippen LogP contribution in [0, 0.1) is 10.7 Å². The van der Waals surface area contributed by atoms with Gasteiger partial charge >= 0.3 is 0 Å².